The van der Waals surface area contributed by atoms with Crippen molar-refractivity contribution >= 4 is 15.9 Å². The lowest BCUT2D eigenvalue weighted by atomic mass is 10.1. The fourth-order valence-electron chi connectivity index (χ4n) is 1.96. The van der Waals surface area contributed by atoms with Crippen molar-refractivity contribution < 1.29 is 17.9 Å². The Labute approximate surface area is 106 Å². The van der Waals surface area contributed by atoms with Gasteiger partial charge in [0.25, 0.3) is 0 Å². The third-order valence-corrected chi connectivity index (χ3v) is 3.49. The number of halogens is 4. The molecule has 17 heavy (non-hydrogen) atoms. The van der Waals surface area contributed by atoms with E-state index in [1.54, 1.807) is 0 Å². The smallest absolute Gasteiger partial charge is 0.248 e. The zero-order valence-corrected chi connectivity index (χ0v) is 10.6. The van der Waals surface area contributed by atoms with Crippen molar-refractivity contribution in [3.63, 3.8) is 0 Å². The average Bonchev–Trinajstić information content (AvgIpc) is 2.60. The molecule has 94 valence electrons. The Kier molecular flexibility index (Phi) is 3.66. The minimum atomic E-state index is -2.54. The molecule has 1 aliphatic rings. The summed E-state index contributed by atoms with van der Waals surface area (Å²) in [5, 5.41) is 0. The Hall–Kier alpha value is -0.710. The van der Waals surface area contributed by atoms with Crippen molar-refractivity contribution in [2.75, 3.05) is 6.61 Å². The Morgan fingerprint density at radius 3 is 2.76 bits per heavy atom. The van der Waals surface area contributed by atoms with Crippen LogP contribution in [-0.4, -0.2) is 12.5 Å². The van der Waals surface area contributed by atoms with Crippen LogP contribution in [0.15, 0.2) is 22.7 Å². The summed E-state index contributed by atoms with van der Waals surface area (Å²) in [7, 11) is 0. The van der Waals surface area contributed by atoms with E-state index >= 15 is 0 Å². The molecule has 5 heteroatoms. The van der Waals surface area contributed by atoms with E-state index in [0.717, 1.165) is 0 Å². The van der Waals surface area contributed by atoms with Crippen LogP contribution in [0.4, 0.5) is 13.2 Å². The van der Waals surface area contributed by atoms with Crippen LogP contribution in [0.2, 0.25) is 0 Å². The summed E-state index contributed by atoms with van der Waals surface area (Å²) in [6.07, 6.45) is 0.304. The molecule has 1 saturated carbocycles. The normalized spacial score (nSPS) is 22.7. The molecule has 1 nitrogen and oxygen atoms in total. The molecule has 0 amide bonds. The standard InChI is InChI=1S/C12H12BrF3O/c13-10-5-9(1-2-11(10)14)17-7-8-3-4-12(15,16)6-8/h1-2,5,8H,3-4,6-7H2. The Bertz CT molecular complexity index is 409. The quantitative estimate of drug-likeness (QED) is 0.804. The van der Waals surface area contributed by atoms with Crippen LogP contribution >= 0.6 is 15.9 Å². The summed E-state index contributed by atoms with van der Waals surface area (Å²) in [5.41, 5.74) is 0. The first-order valence-corrected chi connectivity index (χ1v) is 6.21. The van der Waals surface area contributed by atoms with Gasteiger partial charge in [0.1, 0.15) is 11.6 Å². The minimum absolute atomic E-state index is 0.0614. The second-order valence-corrected chi connectivity index (χ2v) is 5.21. The number of benzene rings is 1. The van der Waals surface area contributed by atoms with Gasteiger partial charge in [0.05, 0.1) is 11.1 Å². The van der Waals surface area contributed by atoms with Crippen molar-refractivity contribution in [3.05, 3.63) is 28.5 Å². The van der Waals surface area contributed by atoms with E-state index in [4.69, 9.17) is 4.74 Å². The molecule has 2 rings (SSSR count). The first-order valence-electron chi connectivity index (χ1n) is 5.42. The topological polar surface area (TPSA) is 9.23 Å². The molecule has 0 spiro atoms. The lowest BCUT2D eigenvalue weighted by Gasteiger charge is -2.12. The largest absolute Gasteiger partial charge is 0.493 e. The zero-order chi connectivity index (χ0) is 12.5. The number of hydrogen-bond donors (Lipinski definition) is 0. The molecule has 1 aliphatic carbocycles. The first kappa shape index (κ1) is 12.7. The van der Waals surface area contributed by atoms with Gasteiger partial charge in [-0.15, -0.1) is 0 Å². The molecule has 1 aromatic rings. The lowest BCUT2D eigenvalue weighted by molar-refractivity contribution is 0.00292. The number of ether oxygens (including phenoxy) is 1. The van der Waals surface area contributed by atoms with E-state index in [0.29, 0.717) is 16.6 Å². The SMILES string of the molecule is Fc1ccc(OCC2CCC(F)(F)C2)cc1Br. The zero-order valence-electron chi connectivity index (χ0n) is 9.06. The van der Waals surface area contributed by atoms with Gasteiger partial charge in [0.15, 0.2) is 0 Å². The highest BCUT2D eigenvalue weighted by Crippen LogP contribution is 2.39. The summed E-state index contributed by atoms with van der Waals surface area (Å²) in [6.45, 7) is 0.258. The second-order valence-electron chi connectivity index (χ2n) is 4.35. The van der Waals surface area contributed by atoms with Gasteiger partial charge in [-0.1, -0.05) is 0 Å². The average molecular weight is 309 g/mol. The third kappa shape index (κ3) is 3.37. The molecule has 1 aromatic carbocycles. The number of rotatable bonds is 3. The van der Waals surface area contributed by atoms with E-state index < -0.39 is 5.92 Å². The van der Waals surface area contributed by atoms with Crippen molar-refractivity contribution in [1.29, 1.82) is 0 Å². The van der Waals surface area contributed by atoms with Crippen LogP contribution in [0.5, 0.6) is 5.75 Å². The van der Waals surface area contributed by atoms with Crippen molar-refractivity contribution in [1.82, 2.24) is 0 Å². The highest BCUT2D eigenvalue weighted by Gasteiger charge is 2.39. The fourth-order valence-corrected chi connectivity index (χ4v) is 2.32. The number of alkyl halides is 2. The van der Waals surface area contributed by atoms with Crippen molar-refractivity contribution in [2.45, 2.75) is 25.2 Å². The Balaban J connectivity index is 1.88. The van der Waals surface area contributed by atoms with Crippen LogP contribution < -0.4 is 4.74 Å². The minimum Gasteiger partial charge on any atom is -0.493 e. The predicted molar refractivity (Wildman–Crippen MR) is 61.9 cm³/mol. The van der Waals surface area contributed by atoms with Gasteiger partial charge < -0.3 is 4.74 Å². The maximum absolute atomic E-state index is 12.9. The van der Waals surface area contributed by atoms with Crippen LogP contribution in [0.3, 0.4) is 0 Å². The molecule has 0 N–H and O–H groups in total. The Morgan fingerprint density at radius 1 is 1.41 bits per heavy atom. The number of hydrogen-bond acceptors (Lipinski definition) is 1. The maximum atomic E-state index is 12.9. The molecular formula is C12H12BrF3O. The van der Waals surface area contributed by atoms with Gasteiger partial charge in [-0.05, 0) is 46.5 Å². The molecule has 1 fully saturated rings. The molecule has 0 radical (unpaired) electrons. The van der Waals surface area contributed by atoms with E-state index in [1.807, 2.05) is 0 Å². The van der Waals surface area contributed by atoms with E-state index in [2.05, 4.69) is 15.9 Å². The Morgan fingerprint density at radius 2 is 2.18 bits per heavy atom. The lowest BCUT2D eigenvalue weighted by Crippen LogP contribution is -2.13. The van der Waals surface area contributed by atoms with Gasteiger partial charge in [-0.2, -0.15) is 0 Å². The molecule has 1 atom stereocenters. The van der Waals surface area contributed by atoms with Gasteiger partial charge in [0.2, 0.25) is 5.92 Å². The summed E-state index contributed by atoms with van der Waals surface area (Å²) >= 11 is 3.04. The van der Waals surface area contributed by atoms with E-state index in [9.17, 15) is 13.2 Å². The molecule has 0 aromatic heterocycles. The van der Waals surface area contributed by atoms with Gasteiger partial charge >= 0.3 is 0 Å². The van der Waals surface area contributed by atoms with Crippen LogP contribution in [-0.2, 0) is 0 Å². The first-order chi connectivity index (χ1) is 7.96. The molecule has 0 saturated heterocycles. The molecule has 0 bridgehead atoms. The third-order valence-electron chi connectivity index (χ3n) is 2.88. The monoisotopic (exact) mass is 308 g/mol. The van der Waals surface area contributed by atoms with Crippen LogP contribution in [0, 0.1) is 11.7 Å². The highest BCUT2D eigenvalue weighted by molar-refractivity contribution is 9.10. The predicted octanol–water partition coefficient (Wildman–Crippen LogP) is 4.40. The van der Waals surface area contributed by atoms with Crippen molar-refractivity contribution in [3.8, 4) is 5.75 Å². The van der Waals surface area contributed by atoms with E-state index in [-0.39, 0.29) is 31.2 Å². The molecule has 0 aliphatic heterocycles. The summed E-state index contributed by atoms with van der Waals surface area (Å²) in [4.78, 5) is 0. The van der Waals surface area contributed by atoms with Crippen LogP contribution in [0.1, 0.15) is 19.3 Å². The maximum Gasteiger partial charge on any atom is 0.248 e. The van der Waals surface area contributed by atoms with Gasteiger partial charge in [-0.25, -0.2) is 13.2 Å². The molecule has 1 unspecified atom stereocenters. The van der Waals surface area contributed by atoms with E-state index in [1.165, 1.54) is 18.2 Å². The van der Waals surface area contributed by atoms with Crippen LogP contribution in [0.25, 0.3) is 0 Å². The highest BCUT2D eigenvalue weighted by atomic mass is 79.9. The second kappa shape index (κ2) is 4.88. The fraction of sp³-hybridized carbons (Fsp3) is 0.500. The molecule has 0 heterocycles. The van der Waals surface area contributed by atoms with Crippen molar-refractivity contribution in [2.24, 2.45) is 5.92 Å². The summed E-state index contributed by atoms with van der Waals surface area (Å²) in [6, 6.07) is 4.28. The summed E-state index contributed by atoms with van der Waals surface area (Å²) in [5.74, 6) is -2.54. The molecular weight excluding hydrogens is 297 g/mol. The van der Waals surface area contributed by atoms with Gasteiger partial charge in [-0.3, -0.25) is 0 Å². The van der Waals surface area contributed by atoms with Gasteiger partial charge in [0, 0.05) is 12.8 Å². The summed E-state index contributed by atoms with van der Waals surface area (Å²) < 4.78 is 44.5.